The molecule has 1 aliphatic rings. The van der Waals surface area contributed by atoms with Crippen molar-refractivity contribution in [3.63, 3.8) is 0 Å². The number of hydrogen-bond acceptors (Lipinski definition) is 2. The molecule has 132 valence electrons. The predicted molar refractivity (Wildman–Crippen MR) is 106 cm³/mol. The fourth-order valence-electron chi connectivity index (χ4n) is 3.43. The van der Waals surface area contributed by atoms with Crippen LogP contribution in [0.2, 0.25) is 0 Å². The highest BCUT2D eigenvalue weighted by Crippen LogP contribution is 2.16. The lowest BCUT2D eigenvalue weighted by atomic mass is 10.1. The minimum atomic E-state index is 0.425. The van der Waals surface area contributed by atoms with Gasteiger partial charge in [0.05, 0.1) is 26.7 Å². The van der Waals surface area contributed by atoms with Crippen LogP contribution < -0.4 is 20.3 Å². The Bertz CT molecular complexity index is 686. The zero-order valence-corrected chi connectivity index (χ0v) is 15.4. The number of benzene rings is 2. The lowest BCUT2D eigenvalue weighted by molar-refractivity contribution is -0.918. The maximum Gasteiger partial charge on any atom is 0.171 e. The van der Waals surface area contributed by atoms with Crippen molar-refractivity contribution in [3.8, 4) is 5.75 Å². The highest BCUT2D eigenvalue weighted by molar-refractivity contribution is 7.80. The third kappa shape index (κ3) is 4.94. The van der Waals surface area contributed by atoms with Crippen LogP contribution in [0.5, 0.6) is 5.75 Å². The molecule has 2 aromatic carbocycles. The molecule has 0 radical (unpaired) electrons. The molecule has 1 heterocycles. The van der Waals surface area contributed by atoms with Gasteiger partial charge in [0, 0.05) is 30.2 Å². The van der Waals surface area contributed by atoms with E-state index in [0.717, 1.165) is 18.0 Å². The highest BCUT2D eigenvalue weighted by Gasteiger charge is 2.27. The molecule has 0 bridgehead atoms. The maximum absolute atomic E-state index is 5.49. The summed E-state index contributed by atoms with van der Waals surface area (Å²) in [6.07, 6.45) is 2.62. The van der Waals surface area contributed by atoms with Crippen molar-refractivity contribution in [1.82, 2.24) is 5.32 Å². The molecule has 3 N–H and O–H groups in total. The van der Waals surface area contributed by atoms with E-state index in [1.807, 2.05) is 24.3 Å². The van der Waals surface area contributed by atoms with Crippen molar-refractivity contribution in [2.45, 2.75) is 18.9 Å². The molecule has 5 heteroatoms. The monoisotopic (exact) mass is 356 g/mol. The summed E-state index contributed by atoms with van der Waals surface area (Å²) in [5, 5.41) is 7.29. The number of nitrogens with one attached hydrogen (secondary N) is 3. The molecule has 2 aromatic rings. The number of anilines is 1. The molecule has 1 aliphatic heterocycles. The first kappa shape index (κ1) is 17.7. The van der Waals surface area contributed by atoms with Gasteiger partial charge in [-0.05, 0) is 24.4 Å². The molecular weight excluding hydrogens is 330 g/mol. The predicted octanol–water partition coefficient (Wildman–Crippen LogP) is 2.40. The van der Waals surface area contributed by atoms with E-state index in [1.54, 1.807) is 12.0 Å². The van der Waals surface area contributed by atoms with E-state index >= 15 is 0 Å². The Balaban J connectivity index is 1.61. The molecule has 4 nitrogen and oxygen atoms in total. The Kier molecular flexibility index (Phi) is 6.25. The third-order valence-electron chi connectivity index (χ3n) is 4.73. The van der Waals surface area contributed by atoms with Crippen LogP contribution in [0.4, 0.5) is 5.69 Å². The average molecular weight is 357 g/mol. The number of methoxy groups -OCH3 is 1. The molecule has 25 heavy (non-hydrogen) atoms. The quantitative estimate of drug-likeness (QED) is 0.695. The van der Waals surface area contributed by atoms with Gasteiger partial charge in [0.25, 0.3) is 0 Å². The van der Waals surface area contributed by atoms with Crippen LogP contribution in [0.3, 0.4) is 0 Å². The number of ether oxygens (including phenoxy) is 1. The molecule has 1 fully saturated rings. The third-order valence-corrected chi connectivity index (χ3v) is 4.98. The summed E-state index contributed by atoms with van der Waals surface area (Å²) in [6, 6.07) is 19.0. The second-order valence-corrected chi connectivity index (χ2v) is 6.80. The van der Waals surface area contributed by atoms with E-state index in [0.29, 0.717) is 11.2 Å². The van der Waals surface area contributed by atoms with Crippen LogP contribution in [0.25, 0.3) is 0 Å². The fraction of sp³-hybridized carbons (Fsp3) is 0.350. The highest BCUT2D eigenvalue weighted by atomic mass is 32.1. The van der Waals surface area contributed by atoms with Crippen LogP contribution in [-0.2, 0) is 0 Å². The van der Waals surface area contributed by atoms with Gasteiger partial charge in [-0.3, -0.25) is 0 Å². The van der Waals surface area contributed by atoms with Crippen LogP contribution >= 0.6 is 12.2 Å². The first-order chi connectivity index (χ1) is 12.3. The van der Waals surface area contributed by atoms with E-state index in [2.05, 4.69) is 41.0 Å². The number of hydrogen-bond donors (Lipinski definition) is 3. The van der Waals surface area contributed by atoms with Crippen molar-refractivity contribution >= 4 is 23.0 Å². The van der Waals surface area contributed by atoms with E-state index in [-0.39, 0.29) is 0 Å². The van der Waals surface area contributed by atoms with Gasteiger partial charge in [-0.25, -0.2) is 0 Å². The molecule has 1 atom stereocenters. The topological polar surface area (TPSA) is 37.7 Å². The zero-order chi connectivity index (χ0) is 17.5. The van der Waals surface area contributed by atoms with Crippen LogP contribution in [-0.4, -0.2) is 31.9 Å². The summed E-state index contributed by atoms with van der Waals surface area (Å²) in [5.74, 6) is 0.816. The van der Waals surface area contributed by atoms with Crippen molar-refractivity contribution in [1.29, 1.82) is 0 Å². The summed E-state index contributed by atoms with van der Waals surface area (Å²) in [5.41, 5.74) is 2.30. The van der Waals surface area contributed by atoms with E-state index < -0.39 is 0 Å². The summed E-state index contributed by atoms with van der Waals surface area (Å²) in [4.78, 5) is 1.64. The minimum absolute atomic E-state index is 0.425. The van der Waals surface area contributed by atoms with Gasteiger partial charge in [0.15, 0.2) is 5.11 Å². The van der Waals surface area contributed by atoms with Gasteiger partial charge in [-0.1, -0.05) is 36.4 Å². The summed E-state index contributed by atoms with van der Waals surface area (Å²) in [6.45, 7) is 3.30. The summed E-state index contributed by atoms with van der Waals surface area (Å²) < 4.78 is 5.25. The average Bonchev–Trinajstić information content (AvgIpc) is 3.17. The molecule has 0 aromatic heterocycles. The van der Waals surface area contributed by atoms with Gasteiger partial charge < -0.3 is 20.3 Å². The number of thiocarbonyl (C=S) groups is 1. The number of rotatable bonds is 6. The molecule has 0 spiro atoms. The van der Waals surface area contributed by atoms with Crippen LogP contribution in [0.15, 0.2) is 54.6 Å². The lowest BCUT2D eigenvalue weighted by Gasteiger charge is -2.26. The van der Waals surface area contributed by atoms with Gasteiger partial charge in [0.1, 0.15) is 11.8 Å². The largest absolute Gasteiger partial charge is 0.497 e. The summed E-state index contributed by atoms with van der Waals surface area (Å²) >= 11 is 5.49. The Labute approximate surface area is 155 Å². The number of quaternary nitrogens is 1. The second-order valence-electron chi connectivity index (χ2n) is 6.40. The van der Waals surface area contributed by atoms with Gasteiger partial charge >= 0.3 is 0 Å². The molecule has 0 aliphatic carbocycles. The fourth-order valence-corrected chi connectivity index (χ4v) is 3.63. The smallest absolute Gasteiger partial charge is 0.171 e. The number of likely N-dealkylation sites (tertiary alicyclic amines) is 1. The van der Waals surface area contributed by atoms with Gasteiger partial charge in [-0.2, -0.15) is 0 Å². The molecule has 1 saturated heterocycles. The van der Waals surface area contributed by atoms with E-state index in [1.165, 1.54) is 31.5 Å². The first-order valence-corrected chi connectivity index (χ1v) is 9.25. The van der Waals surface area contributed by atoms with Gasteiger partial charge in [0.2, 0.25) is 0 Å². The van der Waals surface area contributed by atoms with Crippen molar-refractivity contribution in [3.05, 3.63) is 60.2 Å². The molecular formula is C20H26N3OS+. The Morgan fingerprint density at radius 1 is 1.12 bits per heavy atom. The molecule has 0 saturated carbocycles. The second kappa shape index (κ2) is 8.83. The van der Waals surface area contributed by atoms with Crippen LogP contribution in [0.1, 0.15) is 24.4 Å². The minimum Gasteiger partial charge on any atom is -0.497 e. The van der Waals surface area contributed by atoms with Crippen molar-refractivity contribution < 1.29 is 9.64 Å². The summed E-state index contributed by atoms with van der Waals surface area (Å²) in [7, 11) is 1.67. The van der Waals surface area contributed by atoms with Gasteiger partial charge in [-0.15, -0.1) is 0 Å². The lowest BCUT2D eigenvalue weighted by Crippen LogP contribution is -3.11. The van der Waals surface area contributed by atoms with E-state index in [4.69, 9.17) is 17.0 Å². The molecule has 0 amide bonds. The SMILES string of the molecule is COc1cccc(NC(=S)NC[C@@H](c2ccccc2)[NH+]2CCCC2)c1. The Hall–Kier alpha value is -2.11. The zero-order valence-electron chi connectivity index (χ0n) is 14.6. The standard InChI is InChI=1S/C20H25N3OS/c1-24-18-11-7-10-17(14-18)22-20(25)21-15-19(23-12-5-6-13-23)16-8-3-2-4-9-16/h2-4,7-11,14,19H,5-6,12-13,15H2,1H3,(H2,21,22,25)/p+1/t19-/m0/s1. The van der Waals surface area contributed by atoms with Crippen molar-refractivity contribution in [2.24, 2.45) is 0 Å². The van der Waals surface area contributed by atoms with Crippen LogP contribution in [0, 0.1) is 0 Å². The first-order valence-electron chi connectivity index (χ1n) is 8.84. The Morgan fingerprint density at radius 3 is 2.60 bits per heavy atom. The van der Waals surface area contributed by atoms with Crippen molar-refractivity contribution in [2.75, 3.05) is 32.1 Å². The Morgan fingerprint density at radius 2 is 1.88 bits per heavy atom. The molecule has 0 unspecified atom stereocenters. The maximum atomic E-state index is 5.49. The molecule has 3 rings (SSSR count). The normalized spacial score (nSPS) is 15.6. The van der Waals surface area contributed by atoms with E-state index in [9.17, 15) is 0 Å².